The Kier molecular flexibility index (Phi) is 5.92. The number of hydrogen-bond acceptors (Lipinski definition) is 2. The van der Waals surface area contributed by atoms with Crippen molar-refractivity contribution in [2.75, 3.05) is 0 Å². The summed E-state index contributed by atoms with van der Waals surface area (Å²) in [5.74, 6) is 5.43. The average Bonchev–Trinajstić information content (AvgIpc) is 2.47. The van der Waals surface area contributed by atoms with Crippen molar-refractivity contribution in [2.24, 2.45) is 5.92 Å². The quantitative estimate of drug-likeness (QED) is 0.615. The summed E-state index contributed by atoms with van der Waals surface area (Å²) in [4.78, 5) is 0. The van der Waals surface area contributed by atoms with E-state index in [0.29, 0.717) is 6.04 Å². The van der Waals surface area contributed by atoms with E-state index in [0.717, 1.165) is 44.9 Å². The maximum atomic E-state index is 10.4. The lowest BCUT2D eigenvalue weighted by atomic mass is 9.66. The zero-order chi connectivity index (χ0) is 15.1. The van der Waals surface area contributed by atoms with E-state index in [1.807, 2.05) is 6.08 Å². The number of piperidine rings is 1. The number of terminal acetylenes is 2. The van der Waals surface area contributed by atoms with Crippen LogP contribution in [0.4, 0.5) is 0 Å². The summed E-state index contributed by atoms with van der Waals surface area (Å²) in [6.07, 6.45) is 24.0. The van der Waals surface area contributed by atoms with E-state index in [2.05, 4.69) is 17.2 Å². The maximum absolute atomic E-state index is 10.4. The monoisotopic (exact) mass is 285 g/mol. The second kappa shape index (κ2) is 7.69. The number of aliphatic hydroxyl groups excluding tert-OH is 1. The van der Waals surface area contributed by atoms with Gasteiger partial charge in [-0.05, 0) is 51.0 Å². The molecular weight excluding hydrogens is 258 g/mol. The van der Waals surface area contributed by atoms with Crippen LogP contribution in [0.3, 0.4) is 0 Å². The first-order valence-electron chi connectivity index (χ1n) is 8.24. The molecule has 0 aromatic heterocycles. The van der Waals surface area contributed by atoms with Crippen LogP contribution in [0, 0.1) is 30.6 Å². The van der Waals surface area contributed by atoms with E-state index in [4.69, 9.17) is 12.8 Å². The molecule has 1 heterocycles. The summed E-state index contributed by atoms with van der Waals surface area (Å²) in [6.45, 7) is 0. The van der Waals surface area contributed by atoms with E-state index >= 15 is 0 Å². The van der Waals surface area contributed by atoms with Gasteiger partial charge in [0, 0.05) is 23.9 Å². The van der Waals surface area contributed by atoms with E-state index in [9.17, 15) is 5.11 Å². The molecule has 1 aliphatic carbocycles. The Bertz CT molecular complexity index is 437. The maximum Gasteiger partial charge on any atom is 0.0620 e. The first-order chi connectivity index (χ1) is 10.2. The number of hydrogen-bond donors (Lipinski definition) is 2. The standard InChI is InChI=1S/C19H27NO/c1-3-5-7-10-16-11-8-14-19(20-16)15-9-13-18(21)17(19)12-6-4-2/h1-2,6,12,16-18,20-21H,5,7-11,13-15H2/b12-6+. The summed E-state index contributed by atoms with van der Waals surface area (Å²) < 4.78 is 0. The number of rotatable bonds is 4. The highest BCUT2D eigenvalue weighted by molar-refractivity contribution is 5.17. The second-order valence-electron chi connectivity index (χ2n) is 6.50. The van der Waals surface area contributed by atoms with Gasteiger partial charge in [-0.15, -0.1) is 18.8 Å². The molecule has 4 atom stereocenters. The van der Waals surface area contributed by atoms with Crippen LogP contribution in [0.2, 0.25) is 0 Å². The van der Waals surface area contributed by atoms with Gasteiger partial charge in [-0.1, -0.05) is 18.4 Å². The van der Waals surface area contributed by atoms with Crippen molar-refractivity contribution in [2.45, 2.75) is 75.5 Å². The average molecular weight is 285 g/mol. The highest BCUT2D eigenvalue weighted by Crippen LogP contribution is 2.41. The number of allylic oxidation sites excluding steroid dienone is 1. The van der Waals surface area contributed by atoms with Crippen molar-refractivity contribution in [1.82, 2.24) is 5.32 Å². The molecule has 2 aliphatic rings. The molecule has 1 aliphatic heterocycles. The van der Waals surface area contributed by atoms with Gasteiger partial charge in [-0.2, -0.15) is 0 Å². The Balaban J connectivity index is 2.07. The van der Waals surface area contributed by atoms with Crippen molar-refractivity contribution < 1.29 is 5.11 Å². The van der Waals surface area contributed by atoms with Gasteiger partial charge in [0.1, 0.15) is 0 Å². The lowest BCUT2D eigenvalue weighted by Crippen LogP contribution is -2.61. The molecular formula is C19H27NO. The number of aliphatic hydroxyl groups is 1. The first kappa shape index (κ1) is 16.2. The summed E-state index contributed by atoms with van der Waals surface area (Å²) in [5.41, 5.74) is 0.0318. The Hall–Kier alpha value is -1.22. The van der Waals surface area contributed by atoms with Crippen LogP contribution >= 0.6 is 0 Å². The Morgan fingerprint density at radius 2 is 2.00 bits per heavy atom. The van der Waals surface area contributed by atoms with Crippen LogP contribution in [0.1, 0.15) is 57.8 Å². The molecule has 0 aromatic carbocycles. The summed E-state index contributed by atoms with van der Waals surface area (Å²) >= 11 is 0. The van der Waals surface area contributed by atoms with Crippen LogP contribution in [0.15, 0.2) is 12.2 Å². The Morgan fingerprint density at radius 1 is 1.24 bits per heavy atom. The van der Waals surface area contributed by atoms with Crippen molar-refractivity contribution in [3.63, 3.8) is 0 Å². The van der Waals surface area contributed by atoms with E-state index in [1.54, 1.807) is 6.08 Å². The van der Waals surface area contributed by atoms with Gasteiger partial charge in [-0.25, -0.2) is 0 Å². The fourth-order valence-electron chi connectivity index (χ4n) is 4.15. The molecule has 1 saturated carbocycles. The highest BCUT2D eigenvalue weighted by atomic mass is 16.3. The minimum atomic E-state index is -0.277. The van der Waals surface area contributed by atoms with Crippen LogP contribution in [0.5, 0.6) is 0 Å². The molecule has 0 radical (unpaired) electrons. The van der Waals surface area contributed by atoms with Crippen LogP contribution in [-0.4, -0.2) is 22.8 Å². The van der Waals surface area contributed by atoms with Crippen LogP contribution < -0.4 is 5.32 Å². The molecule has 0 bridgehead atoms. The Labute approximate surface area is 129 Å². The summed E-state index contributed by atoms with van der Waals surface area (Å²) in [7, 11) is 0. The molecule has 2 heteroatoms. The van der Waals surface area contributed by atoms with Gasteiger partial charge >= 0.3 is 0 Å². The molecule has 2 N–H and O–H groups in total. The lowest BCUT2D eigenvalue weighted by molar-refractivity contribution is 0.00278. The molecule has 0 amide bonds. The van der Waals surface area contributed by atoms with E-state index in [-0.39, 0.29) is 17.6 Å². The molecule has 2 rings (SSSR count). The minimum Gasteiger partial charge on any atom is -0.392 e. The predicted octanol–water partition coefficient (Wildman–Crippen LogP) is 3.02. The van der Waals surface area contributed by atoms with Gasteiger partial charge in [-0.3, -0.25) is 0 Å². The molecule has 4 unspecified atom stereocenters. The summed E-state index contributed by atoms with van der Waals surface area (Å²) in [5, 5.41) is 14.3. The molecule has 2 nitrogen and oxygen atoms in total. The fraction of sp³-hybridized carbons (Fsp3) is 0.684. The third-order valence-electron chi connectivity index (χ3n) is 5.12. The van der Waals surface area contributed by atoms with Gasteiger partial charge < -0.3 is 10.4 Å². The molecule has 1 spiro atoms. The van der Waals surface area contributed by atoms with E-state index in [1.165, 1.54) is 12.8 Å². The zero-order valence-electron chi connectivity index (χ0n) is 12.9. The Morgan fingerprint density at radius 3 is 2.71 bits per heavy atom. The predicted molar refractivity (Wildman–Crippen MR) is 87.5 cm³/mol. The van der Waals surface area contributed by atoms with E-state index < -0.39 is 0 Å². The SMILES string of the molecule is C#C/C=C/C1C(O)CCCC12CCCC(CCCC#C)N2. The fourth-order valence-corrected chi connectivity index (χ4v) is 4.15. The zero-order valence-corrected chi connectivity index (χ0v) is 12.9. The van der Waals surface area contributed by atoms with Gasteiger partial charge in [0.2, 0.25) is 0 Å². The van der Waals surface area contributed by atoms with Crippen molar-refractivity contribution >= 4 is 0 Å². The van der Waals surface area contributed by atoms with Crippen molar-refractivity contribution in [3.8, 4) is 24.7 Å². The first-order valence-corrected chi connectivity index (χ1v) is 8.24. The van der Waals surface area contributed by atoms with Crippen molar-refractivity contribution in [1.29, 1.82) is 0 Å². The molecule has 21 heavy (non-hydrogen) atoms. The highest BCUT2D eigenvalue weighted by Gasteiger charge is 2.45. The van der Waals surface area contributed by atoms with Crippen molar-refractivity contribution in [3.05, 3.63) is 12.2 Å². The minimum absolute atomic E-state index is 0.0318. The topological polar surface area (TPSA) is 32.3 Å². The van der Waals surface area contributed by atoms with Crippen LogP contribution in [-0.2, 0) is 0 Å². The summed E-state index contributed by atoms with van der Waals surface area (Å²) in [6, 6.07) is 0.527. The normalized spacial score (nSPS) is 36.4. The molecule has 0 aromatic rings. The van der Waals surface area contributed by atoms with Gasteiger partial charge in [0.15, 0.2) is 0 Å². The molecule has 114 valence electrons. The molecule has 1 saturated heterocycles. The third kappa shape index (κ3) is 3.91. The molecule has 2 fully saturated rings. The second-order valence-corrected chi connectivity index (χ2v) is 6.50. The number of unbranched alkanes of at least 4 members (excludes halogenated alkanes) is 1. The van der Waals surface area contributed by atoms with Crippen LogP contribution in [0.25, 0.3) is 0 Å². The third-order valence-corrected chi connectivity index (χ3v) is 5.12. The van der Waals surface area contributed by atoms with Gasteiger partial charge in [0.05, 0.1) is 6.10 Å². The lowest BCUT2D eigenvalue weighted by Gasteiger charge is -2.51. The number of nitrogens with one attached hydrogen (secondary N) is 1. The largest absolute Gasteiger partial charge is 0.392 e. The smallest absolute Gasteiger partial charge is 0.0620 e. The van der Waals surface area contributed by atoms with Gasteiger partial charge in [0.25, 0.3) is 0 Å².